The predicted octanol–water partition coefficient (Wildman–Crippen LogP) is 2.88. The summed E-state index contributed by atoms with van der Waals surface area (Å²) in [4.78, 5) is 2.65. The van der Waals surface area contributed by atoms with E-state index in [2.05, 4.69) is 56.1 Å². The fraction of sp³-hybridized carbons (Fsp3) is 0.625. The van der Waals surface area contributed by atoms with Crippen molar-refractivity contribution >= 4 is 0 Å². The molecule has 2 rings (SSSR count). The van der Waals surface area contributed by atoms with Crippen LogP contribution in [-0.2, 0) is 6.54 Å². The van der Waals surface area contributed by atoms with Gasteiger partial charge in [-0.25, -0.2) is 0 Å². The van der Waals surface area contributed by atoms with E-state index in [1.807, 2.05) is 0 Å². The van der Waals surface area contributed by atoms with E-state index in [0.717, 1.165) is 19.6 Å². The maximum absolute atomic E-state index is 3.59. The van der Waals surface area contributed by atoms with Crippen molar-refractivity contribution in [1.29, 1.82) is 0 Å². The second kappa shape index (κ2) is 5.85. The van der Waals surface area contributed by atoms with Crippen LogP contribution in [0.15, 0.2) is 18.2 Å². The van der Waals surface area contributed by atoms with Crippen LogP contribution in [0.2, 0.25) is 0 Å². The lowest BCUT2D eigenvalue weighted by atomic mass is 10.00. The van der Waals surface area contributed by atoms with E-state index < -0.39 is 0 Å². The van der Waals surface area contributed by atoms with Gasteiger partial charge in [0.1, 0.15) is 0 Å². The number of rotatable bonds is 3. The monoisotopic (exact) mass is 246 g/mol. The second-order valence-electron chi connectivity index (χ2n) is 5.67. The highest BCUT2D eigenvalue weighted by Gasteiger charge is 2.24. The molecule has 2 nitrogen and oxygen atoms in total. The third-order valence-electron chi connectivity index (χ3n) is 4.20. The lowest BCUT2D eigenvalue weighted by Crippen LogP contribution is -2.54. The van der Waals surface area contributed by atoms with Gasteiger partial charge >= 0.3 is 0 Å². The zero-order valence-corrected chi connectivity index (χ0v) is 12.2. The third-order valence-corrected chi connectivity index (χ3v) is 4.20. The Bertz CT molecular complexity index is 380. The number of hydrogen-bond donors (Lipinski definition) is 1. The fourth-order valence-electron chi connectivity index (χ4n) is 2.93. The van der Waals surface area contributed by atoms with Crippen molar-refractivity contribution in [2.45, 2.75) is 52.7 Å². The first-order chi connectivity index (χ1) is 8.61. The Hall–Kier alpha value is -0.860. The molecule has 100 valence electrons. The number of benzene rings is 1. The number of hydrogen-bond acceptors (Lipinski definition) is 2. The van der Waals surface area contributed by atoms with Crippen LogP contribution in [0.1, 0.15) is 37.0 Å². The van der Waals surface area contributed by atoms with Crippen molar-refractivity contribution < 1.29 is 0 Å². The summed E-state index contributed by atoms with van der Waals surface area (Å²) < 4.78 is 0. The van der Waals surface area contributed by atoms with Crippen LogP contribution in [-0.4, -0.2) is 30.1 Å². The van der Waals surface area contributed by atoms with Gasteiger partial charge in [0.05, 0.1) is 0 Å². The largest absolute Gasteiger partial charge is 0.311 e. The molecule has 1 aromatic rings. The summed E-state index contributed by atoms with van der Waals surface area (Å²) in [6.45, 7) is 12.4. The van der Waals surface area contributed by atoms with E-state index >= 15 is 0 Å². The van der Waals surface area contributed by atoms with Gasteiger partial charge in [0.15, 0.2) is 0 Å². The molecule has 1 heterocycles. The van der Waals surface area contributed by atoms with Crippen molar-refractivity contribution in [3.63, 3.8) is 0 Å². The minimum absolute atomic E-state index is 0.608. The van der Waals surface area contributed by atoms with Gasteiger partial charge in [0, 0.05) is 31.7 Å². The number of nitrogens with zero attached hydrogens (tertiary/aromatic N) is 1. The lowest BCUT2D eigenvalue weighted by Gasteiger charge is -2.39. The summed E-state index contributed by atoms with van der Waals surface area (Å²) in [6, 6.07) is 7.91. The smallest absolute Gasteiger partial charge is 0.0243 e. The average Bonchev–Trinajstić information content (AvgIpc) is 2.34. The molecule has 1 aliphatic rings. The summed E-state index contributed by atoms with van der Waals surface area (Å²) in [5.41, 5.74) is 4.37. The molecule has 1 saturated heterocycles. The van der Waals surface area contributed by atoms with Crippen LogP contribution in [0.4, 0.5) is 0 Å². The van der Waals surface area contributed by atoms with Crippen molar-refractivity contribution in [1.82, 2.24) is 10.2 Å². The van der Waals surface area contributed by atoms with Crippen LogP contribution in [0, 0.1) is 13.8 Å². The van der Waals surface area contributed by atoms with Gasteiger partial charge in [-0.2, -0.15) is 0 Å². The molecular formula is C16H26N2. The minimum atomic E-state index is 0.608. The SMILES string of the molecule is CCC1CNC(C)CN1Cc1c(C)cccc1C. The molecule has 1 aromatic carbocycles. The first kappa shape index (κ1) is 13.6. The molecule has 0 aromatic heterocycles. The Kier molecular flexibility index (Phi) is 4.41. The fourth-order valence-corrected chi connectivity index (χ4v) is 2.93. The summed E-state index contributed by atoms with van der Waals surface area (Å²) in [5, 5.41) is 3.59. The molecule has 0 radical (unpaired) electrons. The van der Waals surface area contributed by atoms with Gasteiger partial charge in [0.25, 0.3) is 0 Å². The van der Waals surface area contributed by atoms with Gasteiger partial charge in [-0.05, 0) is 43.9 Å². The van der Waals surface area contributed by atoms with Crippen LogP contribution < -0.4 is 5.32 Å². The van der Waals surface area contributed by atoms with Crippen molar-refractivity contribution in [2.75, 3.05) is 13.1 Å². The summed E-state index contributed by atoms with van der Waals surface area (Å²) in [6.07, 6.45) is 1.23. The molecule has 0 spiro atoms. The predicted molar refractivity (Wildman–Crippen MR) is 77.9 cm³/mol. The number of piperazine rings is 1. The average molecular weight is 246 g/mol. The molecule has 2 unspecified atom stereocenters. The summed E-state index contributed by atoms with van der Waals surface area (Å²) in [5.74, 6) is 0. The molecule has 2 heteroatoms. The molecule has 2 atom stereocenters. The van der Waals surface area contributed by atoms with E-state index in [0.29, 0.717) is 12.1 Å². The summed E-state index contributed by atoms with van der Waals surface area (Å²) >= 11 is 0. The molecule has 0 aliphatic carbocycles. The molecule has 0 amide bonds. The Morgan fingerprint density at radius 1 is 1.28 bits per heavy atom. The van der Waals surface area contributed by atoms with E-state index in [-0.39, 0.29) is 0 Å². The van der Waals surface area contributed by atoms with E-state index in [1.54, 1.807) is 0 Å². The first-order valence-corrected chi connectivity index (χ1v) is 7.14. The van der Waals surface area contributed by atoms with Crippen LogP contribution >= 0.6 is 0 Å². The van der Waals surface area contributed by atoms with Gasteiger partial charge in [-0.3, -0.25) is 4.90 Å². The summed E-state index contributed by atoms with van der Waals surface area (Å²) in [7, 11) is 0. The molecule has 1 fully saturated rings. The van der Waals surface area contributed by atoms with Crippen LogP contribution in [0.25, 0.3) is 0 Å². The van der Waals surface area contributed by atoms with Crippen molar-refractivity contribution in [2.24, 2.45) is 0 Å². The Labute approximate surface area is 111 Å². The second-order valence-corrected chi connectivity index (χ2v) is 5.67. The quantitative estimate of drug-likeness (QED) is 0.882. The maximum atomic E-state index is 3.59. The van der Waals surface area contributed by atoms with Gasteiger partial charge in [-0.15, -0.1) is 0 Å². The van der Waals surface area contributed by atoms with Gasteiger partial charge in [0.2, 0.25) is 0 Å². The molecule has 0 saturated carbocycles. The van der Waals surface area contributed by atoms with Crippen molar-refractivity contribution in [3.05, 3.63) is 34.9 Å². The maximum Gasteiger partial charge on any atom is 0.0243 e. The van der Waals surface area contributed by atoms with E-state index in [9.17, 15) is 0 Å². The highest BCUT2D eigenvalue weighted by Crippen LogP contribution is 2.19. The first-order valence-electron chi connectivity index (χ1n) is 7.14. The Balaban J connectivity index is 2.15. The lowest BCUT2D eigenvalue weighted by molar-refractivity contribution is 0.123. The van der Waals surface area contributed by atoms with Crippen LogP contribution in [0.5, 0.6) is 0 Å². The molecule has 1 N–H and O–H groups in total. The molecular weight excluding hydrogens is 220 g/mol. The third kappa shape index (κ3) is 2.93. The highest BCUT2D eigenvalue weighted by atomic mass is 15.2. The molecule has 0 bridgehead atoms. The van der Waals surface area contributed by atoms with Crippen LogP contribution in [0.3, 0.4) is 0 Å². The van der Waals surface area contributed by atoms with E-state index in [4.69, 9.17) is 0 Å². The topological polar surface area (TPSA) is 15.3 Å². The molecule has 1 aliphatic heterocycles. The Morgan fingerprint density at radius 2 is 1.94 bits per heavy atom. The zero-order chi connectivity index (χ0) is 13.1. The standard InChI is InChI=1S/C16H26N2/c1-5-15-9-17-14(4)10-18(15)11-16-12(2)7-6-8-13(16)3/h6-8,14-15,17H,5,9-11H2,1-4H3. The highest BCUT2D eigenvalue weighted by molar-refractivity contribution is 5.33. The van der Waals surface area contributed by atoms with Gasteiger partial charge < -0.3 is 5.32 Å². The van der Waals surface area contributed by atoms with E-state index in [1.165, 1.54) is 23.1 Å². The number of aryl methyl sites for hydroxylation is 2. The minimum Gasteiger partial charge on any atom is -0.311 e. The Morgan fingerprint density at radius 3 is 2.56 bits per heavy atom. The zero-order valence-electron chi connectivity index (χ0n) is 12.2. The van der Waals surface area contributed by atoms with Crippen molar-refractivity contribution in [3.8, 4) is 0 Å². The normalized spacial score (nSPS) is 25.3. The number of nitrogens with one attached hydrogen (secondary N) is 1. The van der Waals surface area contributed by atoms with Gasteiger partial charge in [-0.1, -0.05) is 25.1 Å². The molecule has 18 heavy (non-hydrogen) atoms.